The van der Waals surface area contributed by atoms with E-state index in [-0.39, 0.29) is 11.8 Å². The maximum Gasteiger partial charge on any atom is 0.227 e. The van der Waals surface area contributed by atoms with Gasteiger partial charge in [-0.1, -0.05) is 19.3 Å². The molecule has 1 fully saturated rings. The highest BCUT2D eigenvalue weighted by molar-refractivity contribution is 7.10. The average molecular weight is 263 g/mol. The predicted molar refractivity (Wildman–Crippen MR) is 75.0 cm³/mol. The molecule has 1 saturated carbocycles. The maximum absolute atomic E-state index is 12.4. The Balaban J connectivity index is 1.66. The van der Waals surface area contributed by atoms with Crippen molar-refractivity contribution in [2.75, 3.05) is 0 Å². The number of hydrogen-bond donors (Lipinski definition) is 1. The van der Waals surface area contributed by atoms with E-state index in [0.717, 1.165) is 12.8 Å². The molecule has 0 aromatic carbocycles. The molecule has 0 aliphatic heterocycles. The molecule has 98 valence electrons. The van der Waals surface area contributed by atoms with Gasteiger partial charge in [-0.05, 0) is 49.1 Å². The summed E-state index contributed by atoms with van der Waals surface area (Å²) in [6, 6.07) is 2.60. The molecule has 0 radical (unpaired) electrons. The smallest absolute Gasteiger partial charge is 0.227 e. The van der Waals surface area contributed by atoms with Crippen LogP contribution in [0.3, 0.4) is 0 Å². The third kappa shape index (κ3) is 2.46. The number of nitrogens with one attached hydrogen (secondary N) is 1. The molecule has 2 aliphatic carbocycles. The Morgan fingerprint density at radius 3 is 2.83 bits per heavy atom. The second kappa shape index (κ2) is 5.43. The van der Waals surface area contributed by atoms with Crippen LogP contribution < -0.4 is 5.32 Å². The minimum Gasteiger partial charge on any atom is -0.353 e. The minimum atomic E-state index is 0.127. The molecule has 18 heavy (non-hydrogen) atoms. The Hall–Kier alpha value is -0.830. The molecule has 3 heteroatoms. The molecule has 2 nitrogen and oxygen atoms in total. The molecular weight excluding hydrogens is 242 g/mol. The van der Waals surface area contributed by atoms with Gasteiger partial charge in [-0.2, -0.15) is 0 Å². The topological polar surface area (TPSA) is 29.1 Å². The van der Waals surface area contributed by atoms with E-state index in [9.17, 15) is 4.79 Å². The zero-order valence-corrected chi connectivity index (χ0v) is 11.6. The Bertz CT molecular complexity index is 420. The normalized spacial score (nSPS) is 24.6. The summed E-state index contributed by atoms with van der Waals surface area (Å²) in [4.78, 5) is 13.9. The van der Waals surface area contributed by atoms with Crippen LogP contribution in [0.15, 0.2) is 11.4 Å². The first-order valence-corrected chi connectivity index (χ1v) is 8.09. The fourth-order valence-corrected chi connectivity index (χ4v) is 4.29. The maximum atomic E-state index is 12.4. The Kier molecular flexibility index (Phi) is 3.69. The highest BCUT2D eigenvalue weighted by Gasteiger charge is 2.28. The van der Waals surface area contributed by atoms with Crippen molar-refractivity contribution in [2.45, 2.75) is 63.3 Å². The monoisotopic (exact) mass is 263 g/mol. The lowest BCUT2D eigenvalue weighted by molar-refractivity contribution is -0.123. The molecule has 1 N–H and O–H groups in total. The Labute approximate surface area is 113 Å². The van der Waals surface area contributed by atoms with E-state index in [0.29, 0.717) is 6.04 Å². The number of thiophene rings is 1. The molecule has 1 amide bonds. The summed E-state index contributed by atoms with van der Waals surface area (Å²) in [7, 11) is 0. The summed E-state index contributed by atoms with van der Waals surface area (Å²) in [6.07, 6.45) is 9.60. The van der Waals surface area contributed by atoms with Crippen molar-refractivity contribution in [1.82, 2.24) is 5.32 Å². The van der Waals surface area contributed by atoms with Gasteiger partial charge in [0.15, 0.2) is 0 Å². The van der Waals surface area contributed by atoms with Crippen LogP contribution in [0.2, 0.25) is 0 Å². The van der Waals surface area contributed by atoms with Crippen LogP contribution in [-0.4, -0.2) is 11.9 Å². The van der Waals surface area contributed by atoms with Crippen molar-refractivity contribution in [3.8, 4) is 0 Å². The van der Waals surface area contributed by atoms with Crippen LogP contribution in [0.4, 0.5) is 0 Å². The summed E-state index contributed by atoms with van der Waals surface area (Å²) < 4.78 is 0. The fraction of sp³-hybridized carbons (Fsp3) is 0.667. The van der Waals surface area contributed by atoms with Crippen molar-refractivity contribution < 1.29 is 4.79 Å². The molecule has 0 spiro atoms. The largest absolute Gasteiger partial charge is 0.353 e. The first-order chi connectivity index (χ1) is 8.84. The van der Waals surface area contributed by atoms with Crippen molar-refractivity contribution in [3.05, 3.63) is 21.9 Å². The van der Waals surface area contributed by atoms with Crippen LogP contribution >= 0.6 is 11.3 Å². The van der Waals surface area contributed by atoms with Gasteiger partial charge in [0, 0.05) is 10.9 Å². The molecule has 2 aliphatic rings. The van der Waals surface area contributed by atoms with E-state index in [2.05, 4.69) is 16.8 Å². The minimum absolute atomic E-state index is 0.127. The summed E-state index contributed by atoms with van der Waals surface area (Å²) in [6.45, 7) is 0. The third-order valence-corrected chi connectivity index (χ3v) is 5.32. The molecule has 1 aromatic rings. The van der Waals surface area contributed by atoms with E-state index < -0.39 is 0 Å². The lowest BCUT2D eigenvalue weighted by Crippen LogP contribution is -2.39. The van der Waals surface area contributed by atoms with Gasteiger partial charge >= 0.3 is 0 Å². The van der Waals surface area contributed by atoms with E-state index in [4.69, 9.17) is 0 Å². The molecular formula is C15H21NOS. The fourth-order valence-electron chi connectivity index (χ4n) is 3.31. The number of carbonyl (C=O) groups is 1. The zero-order chi connectivity index (χ0) is 12.4. The lowest BCUT2D eigenvalue weighted by Gasteiger charge is -2.27. The first-order valence-electron chi connectivity index (χ1n) is 7.21. The SMILES string of the molecule is O=C(NC1CCCCC1)C1CCCc2sccc21. The van der Waals surface area contributed by atoms with Gasteiger partial charge in [-0.3, -0.25) is 4.79 Å². The van der Waals surface area contributed by atoms with Crippen LogP contribution in [-0.2, 0) is 11.2 Å². The second-order valence-electron chi connectivity index (χ2n) is 5.59. The Morgan fingerprint density at radius 2 is 2.00 bits per heavy atom. The zero-order valence-electron chi connectivity index (χ0n) is 10.8. The van der Waals surface area contributed by atoms with Crippen LogP contribution in [0.25, 0.3) is 0 Å². The molecule has 0 saturated heterocycles. The predicted octanol–water partition coefficient (Wildman–Crippen LogP) is 3.62. The number of amides is 1. The standard InChI is InChI=1S/C15H21NOS/c17-15(16-11-5-2-1-3-6-11)13-7-4-8-14-12(13)9-10-18-14/h9-11,13H,1-8H2,(H,16,17). The lowest BCUT2D eigenvalue weighted by atomic mass is 9.86. The number of carbonyl (C=O) groups excluding carboxylic acids is 1. The third-order valence-electron chi connectivity index (χ3n) is 4.32. The van der Waals surface area contributed by atoms with Gasteiger partial charge in [0.25, 0.3) is 0 Å². The van der Waals surface area contributed by atoms with Gasteiger partial charge in [-0.15, -0.1) is 11.3 Å². The summed E-state index contributed by atoms with van der Waals surface area (Å²) >= 11 is 1.81. The highest BCUT2D eigenvalue weighted by atomic mass is 32.1. The van der Waals surface area contributed by atoms with Gasteiger partial charge in [-0.25, -0.2) is 0 Å². The van der Waals surface area contributed by atoms with Crippen molar-refractivity contribution in [1.29, 1.82) is 0 Å². The summed E-state index contributed by atoms with van der Waals surface area (Å²) in [5, 5.41) is 5.42. The molecule has 1 atom stereocenters. The van der Waals surface area contributed by atoms with Crippen LogP contribution in [0, 0.1) is 0 Å². The van der Waals surface area contributed by atoms with E-state index in [1.54, 1.807) is 0 Å². The number of hydrogen-bond acceptors (Lipinski definition) is 2. The molecule has 1 heterocycles. The summed E-state index contributed by atoms with van der Waals surface area (Å²) in [5.41, 5.74) is 1.31. The molecule has 3 rings (SSSR count). The number of fused-ring (bicyclic) bond motifs is 1. The average Bonchev–Trinajstić information content (AvgIpc) is 2.87. The van der Waals surface area contributed by atoms with E-state index in [1.807, 2.05) is 11.3 Å². The second-order valence-corrected chi connectivity index (χ2v) is 6.59. The number of rotatable bonds is 2. The van der Waals surface area contributed by atoms with Crippen molar-refractivity contribution in [3.63, 3.8) is 0 Å². The molecule has 1 unspecified atom stereocenters. The van der Waals surface area contributed by atoms with Crippen LogP contribution in [0.5, 0.6) is 0 Å². The Morgan fingerprint density at radius 1 is 1.17 bits per heavy atom. The molecule has 0 bridgehead atoms. The quantitative estimate of drug-likeness (QED) is 0.867. The first kappa shape index (κ1) is 12.2. The summed E-state index contributed by atoms with van der Waals surface area (Å²) in [5.74, 6) is 0.406. The molecule has 1 aromatic heterocycles. The van der Waals surface area contributed by atoms with Gasteiger partial charge in [0.2, 0.25) is 5.91 Å². The van der Waals surface area contributed by atoms with E-state index in [1.165, 1.54) is 49.0 Å². The van der Waals surface area contributed by atoms with Crippen molar-refractivity contribution in [2.24, 2.45) is 0 Å². The van der Waals surface area contributed by atoms with E-state index >= 15 is 0 Å². The van der Waals surface area contributed by atoms with Gasteiger partial charge in [0.05, 0.1) is 5.92 Å². The van der Waals surface area contributed by atoms with Crippen LogP contribution in [0.1, 0.15) is 61.3 Å². The van der Waals surface area contributed by atoms with Crippen molar-refractivity contribution >= 4 is 17.2 Å². The van der Waals surface area contributed by atoms with Gasteiger partial charge < -0.3 is 5.32 Å². The highest BCUT2D eigenvalue weighted by Crippen LogP contribution is 2.35. The van der Waals surface area contributed by atoms with Gasteiger partial charge in [0.1, 0.15) is 0 Å². The number of aryl methyl sites for hydroxylation is 1.